The Kier molecular flexibility index (Phi) is 6.41. The van der Waals surface area contributed by atoms with Gasteiger partial charge in [0.2, 0.25) is 11.8 Å². The van der Waals surface area contributed by atoms with E-state index in [2.05, 4.69) is 21.7 Å². The third kappa shape index (κ3) is 4.73. The topological polar surface area (TPSA) is 91.4 Å². The van der Waals surface area contributed by atoms with Gasteiger partial charge in [0.05, 0.1) is 11.9 Å². The first kappa shape index (κ1) is 22.7. The van der Waals surface area contributed by atoms with Crippen LogP contribution in [0.2, 0.25) is 0 Å². The molecule has 3 atom stereocenters. The number of hydrogen-bond donors (Lipinski definition) is 2. The lowest BCUT2D eigenvalue weighted by molar-refractivity contribution is -0.136. The summed E-state index contributed by atoms with van der Waals surface area (Å²) in [6.45, 7) is 1.01. The van der Waals surface area contributed by atoms with Gasteiger partial charge in [-0.3, -0.25) is 24.7 Å². The molecule has 3 amide bonds. The van der Waals surface area contributed by atoms with E-state index in [1.807, 2.05) is 12.1 Å². The Hall–Kier alpha value is -3.13. The fourth-order valence-electron chi connectivity index (χ4n) is 5.52. The number of rotatable bonds is 6. The number of nitrogens with one attached hydrogen (secondary N) is 2. The Balaban J connectivity index is 1.24. The zero-order valence-corrected chi connectivity index (χ0v) is 19.1. The van der Waals surface area contributed by atoms with Crippen molar-refractivity contribution in [3.8, 4) is 0 Å². The maximum atomic E-state index is 13.1. The van der Waals surface area contributed by atoms with Crippen LogP contribution in [0.4, 0.5) is 4.39 Å². The van der Waals surface area contributed by atoms with Crippen molar-refractivity contribution >= 4 is 17.7 Å². The van der Waals surface area contributed by atoms with Crippen molar-refractivity contribution in [3.05, 3.63) is 64.7 Å². The SMILES string of the molecule is O=C1CCC(N2Cc3cc(C[C@H]4CCCCC4NCc4ccc(F)cn4)ccc3C2=O)C(=O)N1. The van der Waals surface area contributed by atoms with Gasteiger partial charge in [0, 0.05) is 31.1 Å². The third-order valence-corrected chi connectivity index (χ3v) is 7.33. The van der Waals surface area contributed by atoms with Crippen molar-refractivity contribution in [2.45, 2.75) is 70.1 Å². The molecule has 0 radical (unpaired) electrons. The number of carbonyl (C=O) groups excluding carboxylic acids is 3. The number of imide groups is 1. The Morgan fingerprint density at radius 2 is 1.94 bits per heavy atom. The van der Waals surface area contributed by atoms with Crippen LogP contribution < -0.4 is 10.6 Å². The molecule has 0 spiro atoms. The summed E-state index contributed by atoms with van der Waals surface area (Å²) in [7, 11) is 0. The van der Waals surface area contributed by atoms with E-state index in [1.165, 1.54) is 30.7 Å². The van der Waals surface area contributed by atoms with Gasteiger partial charge in [0.25, 0.3) is 5.91 Å². The molecular weight excluding hydrogens is 435 g/mol. The molecule has 2 aromatic rings. The minimum Gasteiger partial charge on any atom is -0.322 e. The van der Waals surface area contributed by atoms with Crippen molar-refractivity contribution in [3.63, 3.8) is 0 Å². The fraction of sp³-hybridized carbons (Fsp3) is 0.462. The lowest BCUT2D eigenvalue weighted by Crippen LogP contribution is -2.52. The number of halogens is 1. The van der Waals surface area contributed by atoms with E-state index in [4.69, 9.17) is 0 Å². The zero-order valence-electron chi connectivity index (χ0n) is 19.1. The minimum absolute atomic E-state index is 0.139. The summed E-state index contributed by atoms with van der Waals surface area (Å²) in [5.74, 6) is -0.663. The van der Waals surface area contributed by atoms with Crippen LogP contribution in [0.25, 0.3) is 0 Å². The predicted molar refractivity (Wildman–Crippen MR) is 123 cm³/mol. The van der Waals surface area contributed by atoms with Crippen molar-refractivity contribution < 1.29 is 18.8 Å². The molecule has 5 rings (SSSR count). The summed E-state index contributed by atoms with van der Waals surface area (Å²) < 4.78 is 13.1. The summed E-state index contributed by atoms with van der Waals surface area (Å²) in [5.41, 5.74) is 3.61. The highest BCUT2D eigenvalue weighted by Crippen LogP contribution is 2.31. The average molecular weight is 465 g/mol. The van der Waals surface area contributed by atoms with Crippen LogP contribution in [0.5, 0.6) is 0 Å². The molecule has 3 aliphatic rings. The number of carbonyl (C=O) groups is 3. The maximum Gasteiger partial charge on any atom is 0.255 e. The zero-order chi connectivity index (χ0) is 23.7. The van der Waals surface area contributed by atoms with Crippen LogP contribution in [-0.4, -0.2) is 39.7 Å². The predicted octanol–water partition coefficient (Wildman–Crippen LogP) is 2.87. The molecule has 2 aliphatic heterocycles. The Bertz CT molecular complexity index is 1100. The molecule has 34 heavy (non-hydrogen) atoms. The normalized spacial score (nSPS) is 24.8. The third-order valence-electron chi connectivity index (χ3n) is 7.33. The summed E-state index contributed by atoms with van der Waals surface area (Å²) in [6, 6.07) is 8.93. The second-order valence-electron chi connectivity index (χ2n) is 9.60. The number of piperidine rings is 1. The molecule has 3 heterocycles. The van der Waals surface area contributed by atoms with Crippen LogP contribution >= 0.6 is 0 Å². The van der Waals surface area contributed by atoms with Gasteiger partial charge >= 0.3 is 0 Å². The highest BCUT2D eigenvalue weighted by molar-refractivity contribution is 6.05. The number of hydrogen-bond acceptors (Lipinski definition) is 5. The molecule has 1 aliphatic carbocycles. The van der Waals surface area contributed by atoms with Gasteiger partial charge in [-0.15, -0.1) is 0 Å². The monoisotopic (exact) mass is 464 g/mol. The molecule has 2 fully saturated rings. The number of benzene rings is 1. The number of nitrogens with zero attached hydrogens (tertiary/aromatic N) is 2. The lowest BCUT2D eigenvalue weighted by atomic mass is 9.80. The number of fused-ring (bicyclic) bond motifs is 1. The van der Waals surface area contributed by atoms with Gasteiger partial charge in [-0.05, 0) is 60.9 Å². The number of pyridine rings is 1. The van der Waals surface area contributed by atoms with Crippen molar-refractivity contribution in [1.29, 1.82) is 0 Å². The molecule has 2 unspecified atom stereocenters. The van der Waals surface area contributed by atoms with E-state index < -0.39 is 6.04 Å². The van der Waals surface area contributed by atoms with E-state index in [0.29, 0.717) is 37.0 Å². The largest absolute Gasteiger partial charge is 0.322 e. The highest BCUT2D eigenvalue weighted by atomic mass is 19.1. The highest BCUT2D eigenvalue weighted by Gasteiger charge is 2.39. The van der Waals surface area contributed by atoms with E-state index in [0.717, 1.165) is 30.5 Å². The molecular formula is C26H29FN4O3. The first-order chi connectivity index (χ1) is 16.5. The second-order valence-corrected chi connectivity index (χ2v) is 9.60. The summed E-state index contributed by atoms with van der Waals surface area (Å²) in [5, 5.41) is 5.98. The van der Waals surface area contributed by atoms with Crippen LogP contribution in [0, 0.1) is 11.7 Å². The molecule has 1 aromatic carbocycles. The van der Waals surface area contributed by atoms with Gasteiger partial charge in [0.15, 0.2) is 0 Å². The quantitative estimate of drug-likeness (QED) is 0.642. The minimum atomic E-state index is -0.590. The van der Waals surface area contributed by atoms with Crippen molar-refractivity contribution in [1.82, 2.24) is 20.5 Å². The number of amides is 3. The summed E-state index contributed by atoms with van der Waals surface area (Å²) in [4.78, 5) is 42.4. The average Bonchev–Trinajstić information content (AvgIpc) is 3.15. The second kappa shape index (κ2) is 9.62. The lowest BCUT2D eigenvalue weighted by Gasteiger charge is -2.32. The molecule has 2 N–H and O–H groups in total. The molecule has 1 saturated carbocycles. The van der Waals surface area contributed by atoms with Gasteiger partial charge in [-0.2, -0.15) is 0 Å². The fourth-order valence-corrected chi connectivity index (χ4v) is 5.52. The van der Waals surface area contributed by atoms with Crippen molar-refractivity contribution in [2.24, 2.45) is 5.92 Å². The molecule has 7 nitrogen and oxygen atoms in total. The Morgan fingerprint density at radius 1 is 1.09 bits per heavy atom. The van der Waals surface area contributed by atoms with E-state index >= 15 is 0 Å². The first-order valence-corrected chi connectivity index (χ1v) is 12.1. The molecule has 1 saturated heterocycles. The van der Waals surface area contributed by atoms with Crippen LogP contribution in [-0.2, 0) is 29.1 Å². The van der Waals surface area contributed by atoms with Crippen LogP contribution in [0.1, 0.15) is 65.7 Å². The van der Waals surface area contributed by atoms with Crippen LogP contribution in [0.15, 0.2) is 36.5 Å². The molecule has 178 valence electrons. The van der Waals surface area contributed by atoms with E-state index in [1.54, 1.807) is 11.0 Å². The summed E-state index contributed by atoms with van der Waals surface area (Å²) in [6.07, 6.45) is 7.40. The molecule has 1 aromatic heterocycles. The van der Waals surface area contributed by atoms with Crippen LogP contribution in [0.3, 0.4) is 0 Å². The van der Waals surface area contributed by atoms with E-state index in [-0.39, 0.29) is 30.0 Å². The van der Waals surface area contributed by atoms with Gasteiger partial charge in [-0.1, -0.05) is 25.0 Å². The standard InChI is InChI=1S/C26H29FN4O3/c27-19-6-7-20(28-13-19)14-29-22-4-2-1-3-17(22)11-16-5-8-21-18(12-16)15-31(26(21)34)23-9-10-24(32)30-25(23)33/h5-8,12-13,17,22-23,29H,1-4,9-11,14-15H2,(H,30,32,33)/t17-,22?,23?/m1/s1. The van der Waals surface area contributed by atoms with E-state index in [9.17, 15) is 18.8 Å². The molecule has 8 heteroatoms. The first-order valence-electron chi connectivity index (χ1n) is 12.1. The number of aromatic nitrogens is 1. The maximum absolute atomic E-state index is 13.1. The summed E-state index contributed by atoms with van der Waals surface area (Å²) >= 11 is 0. The van der Waals surface area contributed by atoms with Gasteiger partial charge in [0.1, 0.15) is 11.9 Å². The molecule has 0 bridgehead atoms. The Labute approximate surface area is 198 Å². The van der Waals surface area contributed by atoms with Gasteiger partial charge < -0.3 is 10.2 Å². The van der Waals surface area contributed by atoms with Crippen molar-refractivity contribution in [2.75, 3.05) is 0 Å². The Morgan fingerprint density at radius 3 is 2.74 bits per heavy atom. The smallest absolute Gasteiger partial charge is 0.255 e. The van der Waals surface area contributed by atoms with Gasteiger partial charge in [-0.25, -0.2) is 4.39 Å².